The van der Waals surface area contributed by atoms with Gasteiger partial charge in [-0.2, -0.15) is 0 Å². The van der Waals surface area contributed by atoms with Crippen LogP contribution in [-0.4, -0.2) is 40.1 Å². The molecule has 4 heteroatoms. The lowest BCUT2D eigenvalue weighted by molar-refractivity contribution is 0.0671. The van der Waals surface area contributed by atoms with Gasteiger partial charge in [0, 0.05) is 12.2 Å². The normalized spacial score (nSPS) is 20.4. The Morgan fingerprint density at radius 2 is 2.38 bits per heavy atom. The molecule has 0 bridgehead atoms. The molecule has 1 amide bonds. The summed E-state index contributed by atoms with van der Waals surface area (Å²) in [4.78, 5) is 17.1. The third-order valence-corrected chi connectivity index (χ3v) is 3.21. The third-order valence-electron chi connectivity index (χ3n) is 3.21. The van der Waals surface area contributed by atoms with Crippen LogP contribution in [0.3, 0.4) is 0 Å². The zero-order valence-corrected chi connectivity index (χ0v) is 9.79. The van der Waals surface area contributed by atoms with Crippen LogP contribution in [0.25, 0.3) is 0 Å². The van der Waals surface area contributed by atoms with Crippen molar-refractivity contribution in [3.05, 3.63) is 23.0 Å². The fourth-order valence-corrected chi connectivity index (χ4v) is 2.39. The first-order chi connectivity index (χ1) is 7.63. The molecule has 2 N–H and O–H groups in total. The molecule has 16 heavy (non-hydrogen) atoms. The van der Waals surface area contributed by atoms with E-state index in [1.165, 1.54) is 0 Å². The molecule has 1 aliphatic heterocycles. The molecule has 1 aromatic heterocycles. The van der Waals surface area contributed by atoms with Crippen molar-refractivity contribution in [2.75, 3.05) is 13.2 Å². The van der Waals surface area contributed by atoms with E-state index >= 15 is 0 Å². The van der Waals surface area contributed by atoms with Gasteiger partial charge in [-0.25, -0.2) is 0 Å². The Morgan fingerprint density at radius 3 is 2.94 bits per heavy atom. The van der Waals surface area contributed by atoms with Crippen molar-refractivity contribution < 1.29 is 9.90 Å². The molecule has 1 aliphatic rings. The van der Waals surface area contributed by atoms with Crippen LogP contribution in [0, 0.1) is 13.8 Å². The maximum Gasteiger partial charge on any atom is 0.270 e. The second kappa shape index (κ2) is 4.29. The van der Waals surface area contributed by atoms with E-state index in [2.05, 4.69) is 4.98 Å². The van der Waals surface area contributed by atoms with Crippen molar-refractivity contribution in [3.8, 4) is 0 Å². The number of carbonyl (C=O) groups is 1. The van der Waals surface area contributed by atoms with E-state index in [-0.39, 0.29) is 18.6 Å². The second-order valence-corrected chi connectivity index (χ2v) is 4.49. The van der Waals surface area contributed by atoms with Crippen molar-refractivity contribution >= 4 is 5.91 Å². The van der Waals surface area contributed by atoms with Crippen LogP contribution in [0.2, 0.25) is 0 Å². The Bertz CT molecular complexity index is 398. The highest BCUT2D eigenvalue weighted by atomic mass is 16.3. The first-order valence-electron chi connectivity index (χ1n) is 5.71. The maximum atomic E-state index is 12.2. The number of amides is 1. The summed E-state index contributed by atoms with van der Waals surface area (Å²) < 4.78 is 0. The maximum absolute atomic E-state index is 12.2. The number of likely N-dealkylation sites (tertiary alicyclic amines) is 1. The van der Waals surface area contributed by atoms with Crippen LogP contribution in [0.4, 0.5) is 0 Å². The van der Waals surface area contributed by atoms with Gasteiger partial charge in [0.1, 0.15) is 5.69 Å². The van der Waals surface area contributed by atoms with Crippen molar-refractivity contribution in [2.24, 2.45) is 0 Å². The average Bonchev–Trinajstić information content (AvgIpc) is 2.83. The van der Waals surface area contributed by atoms with Crippen LogP contribution in [-0.2, 0) is 0 Å². The molecule has 2 heterocycles. The number of carbonyl (C=O) groups excluding carboxylic acids is 1. The average molecular weight is 222 g/mol. The number of hydrogen-bond acceptors (Lipinski definition) is 2. The summed E-state index contributed by atoms with van der Waals surface area (Å²) in [5.74, 6) is 0.0159. The van der Waals surface area contributed by atoms with Gasteiger partial charge in [0.15, 0.2) is 0 Å². The van der Waals surface area contributed by atoms with E-state index < -0.39 is 0 Å². The first kappa shape index (κ1) is 11.2. The Balaban J connectivity index is 2.21. The fraction of sp³-hybridized carbons (Fsp3) is 0.583. The predicted molar refractivity (Wildman–Crippen MR) is 61.4 cm³/mol. The molecular formula is C12H18N2O2. The molecule has 0 spiro atoms. The molecule has 0 radical (unpaired) electrons. The number of nitrogens with zero attached hydrogens (tertiary/aromatic N) is 1. The summed E-state index contributed by atoms with van der Waals surface area (Å²) in [7, 11) is 0. The number of H-pyrrole nitrogens is 1. The Kier molecular flexibility index (Phi) is 3.01. The highest BCUT2D eigenvalue weighted by molar-refractivity contribution is 5.94. The van der Waals surface area contributed by atoms with Crippen LogP contribution in [0.1, 0.15) is 34.6 Å². The molecule has 0 saturated carbocycles. The lowest BCUT2D eigenvalue weighted by Crippen LogP contribution is -2.38. The smallest absolute Gasteiger partial charge is 0.270 e. The number of hydrogen-bond donors (Lipinski definition) is 2. The summed E-state index contributed by atoms with van der Waals surface area (Å²) in [5, 5.41) is 9.20. The predicted octanol–water partition coefficient (Wildman–Crippen LogP) is 1.23. The number of aliphatic hydroxyl groups is 1. The van der Waals surface area contributed by atoms with Crippen molar-refractivity contribution in [1.29, 1.82) is 0 Å². The molecule has 0 aromatic carbocycles. The zero-order chi connectivity index (χ0) is 11.7. The van der Waals surface area contributed by atoms with Gasteiger partial charge in [-0.05, 0) is 38.3 Å². The van der Waals surface area contributed by atoms with Crippen LogP contribution < -0.4 is 0 Å². The molecule has 4 nitrogen and oxygen atoms in total. The van der Waals surface area contributed by atoms with Gasteiger partial charge in [-0.3, -0.25) is 4.79 Å². The minimum Gasteiger partial charge on any atom is -0.394 e. The number of rotatable bonds is 2. The molecule has 0 unspecified atom stereocenters. The summed E-state index contributed by atoms with van der Waals surface area (Å²) in [5.41, 5.74) is 2.64. The number of nitrogens with one attached hydrogen (secondary N) is 1. The first-order valence-corrected chi connectivity index (χ1v) is 5.71. The summed E-state index contributed by atoms with van der Waals surface area (Å²) in [6, 6.07) is 1.97. The number of aryl methyl sites for hydroxylation is 2. The number of aromatic nitrogens is 1. The highest BCUT2D eigenvalue weighted by Crippen LogP contribution is 2.21. The van der Waals surface area contributed by atoms with E-state index in [9.17, 15) is 9.90 Å². The third kappa shape index (κ3) is 1.85. The van der Waals surface area contributed by atoms with Crippen LogP contribution in [0.5, 0.6) is 0 Å². The van der Waals surface area contributed by atoms with Crippen molar-refractivity contribution in [2.45, 2.75) is 32.7 Å². The molecule has 1 aromatic rings. The molecule has 1 fully saturated rings. The summed E-state index contributed by atoms with van der Waals surface area (Å²) >= 11 is 0. The van der Waals surface area contributed by atoms with Gasteiger partial charge in [0.05, 0.1) is 12.6 Å². The van der Waals surface area contributed by atoms with Crippen LogP contribution >= 0.6 is 0 Å². The van der Waals surface area contributed by atoms with E-state index in [1.54, 1.807) is 4.90 Å². The monoisotopic (exact) mass is 222 g/mol. The van der Waals surface area contributed by atoms with E-state index in [0.29, 0.717) is 5.69 Å². The minimum absolute atomic E-state index is 0.00416. The van der Waals surface area contributed by atoms with Gasteiger partial charge in [0.25, 0.3) is 5.91 Å². The largest absolute Gasteiger partial charge is 0.394 e. The molecule has 1 saturated heterocycles. The SMILES string of the molecule is Cc1cc(C)c(C(=O)N2CCC[C@@H]2CO)[nH]1. The summed E-state index contributed by atoms with van der Waals surface area (Å²) in [6.07, 6.45) is 1.89. The highest BCUT2D eigenvalue weighted by Gasteiger charge is 2.30. The molecule has 88 valence electrons. The summed E-state index contributed by atoms with van der Waals surface area (Å²) in [6.45, 7) is 4.68. The molecule has 0 aliphatic carbocycles. The van der Waals surface area contributed by atoms with Gasteiger partial charge >= 0.3 is 0 Å². The topological polar surface area (TPSA) is 56.3 Å². The zero-order valence-electron chi connectivity index (χ0n) is 9.79. The Labute approximate surface area is 95.3 Å². The minimum atomic E-state index is -0.00416. The van der Waals surface area contributed by atoms with Crippen LogP contribution in [0.15, 0.2) is 6.07 Å². The van der Waals surface area contributed by atoms with E-state index in [1.807, 2.05) is 19.9 Å². The second-order valence-electron chi connectivity index (χ2n) is 4.49. The van der Waals surface area contributed by atoms with Crippen molar-refractivity contribution in [1.82, 2.24) is 9.88 Å². The Morgan fingerprint density at radius 1 is 1.62 bits per heavy atom. The lowest BCUT2D eigenvalue weighted by Gasteiger charge is -2.22. The molecular weight excluding hydrogens is 204 g/mol. The quantitative estimate of drug-likeness (QED) is 0.790. The van der Waals surface area contributed by atoms with E-state index in [4.69, 9.17) is 0 Å². The molecule has 2 rings (SSSR count). The molecule has 1 atom stereocenters. The fourth-order valence-electron chi connectivity index (χ4n) is 2.39. The van der Waals surface area contributed by atoms with Gasteiger partial charge < -0.3 is 15.0 Å². The standard InChI is InChI=1S/C12H18N2O2/c1-8-6-9(2)13-11(8)12(16)14-5-3-4-10(14)7-15/h6,10,13,15H,3-5,7H2,1-2H3/t10-/m1/s1. The van der Waals surface area contributed by atoms with Crippen molar-refractivity contribution in [3.63, 3.8) is 0 Å². The number of aliphatic hydroxyl groups excluding tert-OH is 1. The lowest BCUT2D eigenvalue weighted by atomic mass is 10.2. The Hall–Kier alpha value is -1.29. The van der Waals surface area contributed by atoms with E-state index in [0.717, 1.165) is 30.6 Å². The van der Waals surface area contributed by atoms with Gasteiger partial charge in [-0.1, -0.05) is 0 Å². The van der Waals surface area contributed by atoms with Gasteiger partial charge in [0.2, 0.25) is 0 Å². The number of aromatic amines is 1. The van der Waals surface area contributed by atoms with Gasteiger partial charge in [-0.15, -0.1) is 0 Å².